The topological polar surface area (TPSA) is 114 Å². The lowest BCUT2D eigenvalue weighted by Crippen LogP contribution is -2.70. The molecule has 0 saturated carbocycles. The molecule has 0 aliphatic carbocycles. The highest BCUT2D eigenvalue weighted by molar-refractivity contribution is 7.12. The predicted molar refractivity (Wildman–Crippen MR) is 517 cm³/mol. The van der Waals surface area contributed by atoms with Crippen molar-refractivity contribution in [2.24, 2.45) is 0 Å². The summed E-state index contributed by atoms with van der Waals surface area (Å²) >= 11 is 0. The van der Waals surface area contributed by atoms with Crippen LogP contribution < -0.4 is 43.0 Å². The molecule has 0 N–H and O–H groups in total. The summed E-state index contributed by atoms with van der Waals surface area (Å²) in [7, 11) is -2.25. The van der Waals surface area contributed by atoms with Crippen molar-refractivity contribution in [3.05, 3.63) is 382 Å². The van der Waals surface area contributed by atoms with E-state index in [1.165, 1.54) is 265 Å². The molecule has 0 radical (unpaired) electrons. The monoisotopic (exact) mass is 1720 g/mol. The number of nitrogens with zero attached hydrogens (tertiary/aromatic N) is 17. The Morgan fingerprint density at radius 3 is 1.16 bits per heavy atom. The Labute approximate surface area is 753 Å². The van der Waals surface area contributed by atoms with Crippen LogP contribution in [0.2, 0.25) is 0 Å². The maximum Gasteiger partial charge on any atom is 0.297 e. The molecule has 0 bridgehead atoms. The van der Waals surface area contributed by atoms with E-state index in [0.29, 0.717) is 0 Å². The lowest BCUT2D eigenvalue weighted by Gasteiger charge is -2.35. The molecule has 29 heterocycles. The van der Waals surface area contributed by atoms with Gasteiger partial charge in [0.05, 0.1) is 43.5 Å². The third-order valence-electron chi connectivity index (χ3n) is 32.5. The van der Waals surface area contributed by atoms with Crippen LogP contribution in [-0.4, -0.2) is 59.4 Å². The van der Waals surface area contributed by atoms with Crippen LogP contribution in [0.4, 0.5) is 0 Å². The number of fused-ring (bicyclic) bond motifs is 6. The maximum absolute atomic E-state index is 4.71. The standard InChI is InChI=1S/C29H21N2Si.5C17H12N3/c1-3-10-22(11-4-1)32(23-12-5-2-6-13-23)19-21-18-30-17-20-9-7-14-24-25-15-8-16-26(32)28(25)31(21)29(30)27(20)24;1-2-11-8-19-9-12-5-4-10-6-18-7-14-13(3-1)15(11)17(19)20(12)16(10)14;1-2-10-4-5-12-9-19-8-11-6-18-7-14-13(3-1)16(10)20(12)17(19)15(11)14;1-2-11-8-19-9-12-5-4-10-6-7-18-15-13(3-1)14(11)17(19)20(12)16(10)15;1-2-10-8-19-9-11-4-5-14-16-13(6-7-18-14)12(3-1)15(10)17(19)20(11)16;1-2-10-4-5-12-9-19-8-11-6-7-18-15-13(3-1)16(10)20(12)17(19)14(11)15/h1-16,18H,17,19H2;5*1-3,6-7,9H,4-5,8H2/q6*+1. The minimum atomic E-state index is -2.25. The van der Waals surface area contributed by atoms with Crippen molar-refractivity contribution in [3.8, 4) is 0 Å². The molecule has 0 saturated heterocycles. The summed E-state index contributed by atoms with van der Waals surface area (Å²) < 4.78 is 29.5. The van der Waals surface area contributed by atoms with Crippen LogP contribution in [0.1, 0.15) is 95.5 Å². The lowest BCUT2D eigenvalue weighted by molar-refractivity contribution is -0.657. The third-order valence-corrected chi connectivity index (χ3v) is 37.3. The first-order valence-electron chi connectivity index (χ1n) is 47.2. The van der Waals surface area contributed by atoms with Crippen molar-refractivity contribution >= 4 is 188 Å². The van der Waals surface area contributed by atoms with Gasteiger partial charge in [0, 0.05) is 197 Å². The first-order valence-corrected chi connectivity index (χ1v) is 49.4. The second-order valence-electron chi connectivity index (χ2n) is 38.9. The van der Waals surface area contributed by atoms with Gasteiger partial charge in [-0.05, 0) is 71.6 Å². The van der Waals surface area contributed by atoms with Crippen LogP contribution in [0.25, 0.3) is 164 Å². The highest BCUT2D eigenvalue weighted by atomic mass is 28.3. The SMILES string of the molecule is c1cc2c3c(c1)c1ccnc4c1n1c(c[n+](c31)C2)CC4.c1cc2c3c(c1)c1cncc4c1c1n3c(c[n+]1C4)CC2.c1cc2c3c(c1)c1cncc4c1n1c(c[n+](c31)C2)CC4.c1cc2c3c(c1)c1nccc4c1c1n3c(c[n+]1C4)CC2.c1cc2c3c(c1)c1nccc4c1n1c(c[n+](c31)C2)CC4.c1ccc([Si]2(c3ccccc3)Cc3c[n+]4c5c6c(cccc6c6cccc2c6n35)C4)cc1. The minimum absolute atomic E-state index is 0.967. The van der Waals surface area contributed by atoms with E-state index in [1.807, 2.05) is 43.4 Å². The van der Waals surface area contributed by atoms with Gasteiger partial charge in [-0.3, -0.25) is 24.9 Å². The van der Waals surface area contributed by atoms with Gasteiger partial charge in [0.2, 0.25) is 0 Å². The second-order valence-corrected chi connectivity index (χ2v) is 42.7. The number of pyridine rings is 11. The minimum Gasteiger partial charge on any atom is -0.264 e. The normalized spacial score (nSPS) is 15.4. The Morgan fingerprint density at radius 2 is 0.591 bits per heavy atom. The zero-order valence-electron chi connectivity index (χ0n) is 72.3. The smallest absolute Gasteiger partial charge is 0.264 e. The van der Waals surface area contributed by atoms with E-state index in [9.17, 15) is 0 Å². The van der Waals surface area contributed by atoms with E-state index in [-0.39, 0.29) is 0 Å². The fraction of sp³-hybridized carbons (Fsp3) is 0.149. The summed E-state index contributed by atoms with van der Waals surface area (Å²) in [5.74, 6) is 0. The number of aryl methyl sites for hydroxylation is 10. The fourth-order valence-corrected chi connectivity index (χ4v) is 32.3. The lowest BCUT2D eigenvalue weighted by atomic mass is 9.97. The molecule has 0 spiro atoms. The molecule has 620 valence electrons. The van der Waals surface area contributed by atoms with Crippen LogP contribution in [0.3, 0.4) is 0 Å². The number of benzene rings is 9. The van der Waals surface area contributed by atoms with Crippen molar-refractivity contribution in [1.29, 1.82) is 0 Å². The van der Waals surface area contributed by atoms with Gasteiger partial charge in [0.15, 0.2) is 19.1 Å². The van der Waals surface area contributed by atoms with Crippen molar-refractivity contribution in [2.45, 2.75) is 110 Å². The molecule has 0 atom stereocenters. The third kappa shape index (κ3) is 8.78. The summed E-state index contributed by atoms with van der Waals surface area (Å²) in [5, 5.41) is 26.4. The van der Waals surface area contributed by atoms with Gasteiger partial charge in [-0.1, -0.05) is 176 Å². The Bertz CT molecular complexity index is 8940. The summed E-state index contributed by atoms with van der Waals surface area (Å²) in [5.41, 5.74) is 43.0. The van der Waals surface area contributed by atoms with Crippen molar-refractivity contribution in [2.75, 3.05) is 0 Å². The summed E-state index contributed by atoms with van der Waals surface area (Å²) in [6, 6.07) is 77.5. The molecule has 12 aliphatic rings. The van der Waals surface area contributed by atoms with E-state index in [4.69, 9.17) is 9.97 Å². The van der Waals surface area contributed by atoms with Gasteiger partial charge in [0.1, 0.15) is 138 Å². The molecule has 0 unspecified atom stereocenters. The van der Waals surface area contributed by atoms with Gasteiger partial charge >= 0.3 is 0 Å². The fourth-order valence-electron chi connectivity index (χ4n) is 27.4. The van der Waals surface area contributed by atoms with E-state index in [1.54, 1.807) is 5.19 Å². The molecular formula is C114H81N17Si+6. The second kappa shape index (κ2) is 25.0. The Morgan fingerprint density at radius 1 is 0.227 bits per heavy atom. The summed E-state index contributed by atoms with van der Waals surface area (Å²) in [6.45, 7) is 5.96. The number of rotatable bonds is 2. The predicted octanol–water partition coefficient (Wildman–Crippen LogP) is 15.4. The van der Waals surface area contributed by atoms with E-state index in [2.05, 4.69) is 312 Å². The van der Waals surface area contributed by atoms with Crippen molar-refractivity contribution in [3.63, 3.8) is 0 Å². The van der Waals surface area contributed by atoms with Crippen LogP contribution in [-0.2, 0) is 110 Å². The van der Waals surface area contributed by atoms with Gasteiger partial charge < -0.3 is 0 Å². The average Bonchev–Trinajstić information content (AvgIpc) is 1.44. The Balaban J connectivity index is 0.0000000726. The first-order chi connectivity index (χ1) is 65.4. The van der Waals surface area contributed by atoms with Gasteiger partial charge in [-0.15, -0.1) is 0 Å². The summed E-state index contributed by atoms with van der Waals surface area (Å²) in [6.07, 6.45) is 39.4. The highest BCUT2D eigenvalue weighted by Crippen LogP contribution is 2.46. The van der Waals surface area contributed by atoms with E-state index in [0.717, 1.165) is 115 Å². The molecular weight excluding hydrogens is 1640 g/mol. The number of aromatic nitrogens is 17. The molecule has 26 aromatic rings. The largest absolute Gasteiger partial charge is 0.297 e. The van der Waals surface area contributed by atoms with Gasteiger partial charge in [-0.2, -0.15) is 26.4 Å². The molecule has 0 amide bonds. The number of imidazole rings is 6. The number of hydrogen-bond acceptors (Lipinski definition) is 5. The van der Waals surface area contributed by atoms with Crippen molar-refractivity contribution < 1.29 is 27.4 Å². The van der Waals surface area contributed by atoms with Crippen LogP contribution in [0.15, 0.2) is 287 Å². The Hall–Kier alpha value is -15.8. The average molecular weight is 1720 g/mol. The molecule has 38 rings (SSSR count). The zero-order chi connectivity index (χ0) is 85.1. The summed E-state index contributed by atoms with van der Waals surface area (Å²) in [4.78, 5) is 23.0. The van der Waals surface area contributed by atoms with E-state index >= 15 is 0 Å². The van der Waals surface area contributed by atoms with Crippen LogP contribution in [0, 0.1) is 0 Å². The molecule has 17 aromatic heterocycles. The number of para-hydroxylation sites is 3. The molecule has 17 nitrogen and oxygen atoms in total. The Kier molecular flexibility index (Phi) is 13.3. The van der Waals surface area contributed by atoms with E-state index < -0.39 is 8.07 Å². The van der Waals surface area contributed by atoms with Crippen molar-refractivity contribution in [1.82, 2.24) is 51.3 Å². The molecule has 132 heavy (non-hydrogen) atoms. The molecule has 18 heteroatoms. The quantitative estimate of drug-likeness (QED) is 0.0971. The highest BCUT2D eigenvalue weighted by Gasteiger charge is 2.50. The maximum atomic E-state index is 4.71. The zero-order valence-corrected chi connectivity index (χ0v) is 73.3. The first kappa shape index (κ1) is 70.2. The number of hydrogen-bond donors (Lipinski definition) is 0. The molecule has 12 aliphatic heterocycles. The van der Waals surface area contributed by atoms with Gasteiger partial charge in [0.25, 0.3) is 33.9 Å². The van der Waals surface area contributed by atoms with Gasteiger partial charge in [-0.25, -0.2) is 27.4 Å². The van der Waals surface area contributed by atoms with Crippen LogP contribution >= 0.6 is 0 Å². The molecule has 0 fully saturated rings. The molecule has 9 aromatic carbocycles. The van der Waals surface area contributed by atoms with Crippen LogP contribution in [0.5, 0.6) is 0 Å².